The minimum Gasteiger partial charge on any atom is -0.487 e. The van der Waals surface area contributed by atoms with Crippen LogP contribution in [0.25, 0.3) is 0 Å². The average molecular weight is 293 g/mol. The van der Waals surface area contributed by atoms with Gasteiger partial charge in [0, 0.05) is 0 Å². The van der Waals surface area contributed by atoms with Crippen molar-refractivity contribution in [1.82, 2.24) is 5.32 Å². The fraction of sp³-hybridized carbons (Fsp3) is 0.500. The molecule has 0 fully saturated rings. The van der Waals surface area contributed by atoms with E-state index in [0.29, 0.717) is 18.6 Å². The molecule has 0 saturated carbocycles. The lowest BCUT2D eigenvalue weighted by molar-refractivity contribution is -0.150. The Bertz CT molecular complexity index is 449. The van der Waals surface area contributed by atoms with Crippen LogP contribution in [-0.4, -0.2) is 29.1 Å². The number of para-hydroxylation sites is 1. The lowest BCUT2D eigenvalue weighted by Gasteiger charge is -2.33. The first-order valence-corrected chi connectivity index (χ1v) is 7.21. The number of carbonyl (C=O) groups is 2. The van der Waals surface area contributed by atoms with E-state index in [4.69, 9.17) is 4.74 Å². The summed E-state index contributed by atoms with van der Waals surface area (Å²) in [5.41, 5.74) is -1.45. The Kier molecular flexibility index (Phi) is 6.72. The van der Waals surface area contributed by atoms with Crippen molar-refractivity contribution in [3.8, 4) is 5.75 Å². The SMILES string of the molecule is CCCCCC(Oc1ccccc1)C(C)(NC=O)C(=O)O. The van der Waals surface area contributed by atoms with Crippen molar-refractivity contribution in [2.24, 2.45) is 0 Å². The van der Waals surface area contributed by atoms with E-state index in [9.17, 15) is 14.7 Å². The maximum atomic E-state index is 11.6. The van der Waals surface area contributed by atoms with Gasteiger partial charge in [-0.3, -0.25) is 4.79 Å². The highest BCUT2D eigenvalue weighted by Crippen LogP contribution is 2.23. The van der Waals surface area contributed by atoms with E-state index in [1.54, 1.807) is 12.1 Å². The second-order valence-electron chi connectivity index (χ2n) is 5.19. The lowest BCUT2D eigenvalue weighted by Crippen LogP contribution is -2.59. The van der Waals surface area contributed by atoms with Crippen molar-refractivity contribution in [3.63, 3.8) is 0 Å². The number of amides is 1. The minimum absolute atomic E-state index is 0.412. The van der Waals surface area contributed by atoms with E-state index in [1.165, 1.54) is 6.92 Å². The van der Waals surface area contributed by atoms with Crippen LogP contribution in [0.1, 0.15) is 39.5 Å². The van der Waals surface area contributed by atoms with Gasteiger partial charge in [-0.25, -0.2) is 4.79 Å². The van der Waals surface area contributed by atoms with Gasteiger partial charge >= 0.3 is 5.97 Å². The Balaban J connectivity index is 2.93. The van der Waals surface area contributed by atoms with Crippen molar-refractivity contribution in [1.29, 1.82) is 0 Å². The number of aliphatic carboxylic acids is 1. The van der Waals surface area contributed by atoms with Gasteiger partial charge in [0.15, 0.2) is 5.54 Å². The van der Waals surface area contributed by atoms with Gasteiger partial charge in [-0.05, 0) is 31.9 Å². The van der Waals surface area contributed by atoms with Crippen LogP contribution in [0, 0.1) is 0 Å². The third-order valence-corrected chi connectivity index (χ3v) is 3.54. The van der Waals surface area contributed by atoms with Gasteiger partial charge in [-0.2, -0.15) is 0 Å². The topological polar surface area (TPSA) is 75.6 Å². The molecule has 2 unspecified atom stereocenters. The first-order valence-electron chi connectivity index (χ1n) is 7.21. The number of hydrogen-bond donors (Lipinski definition) is 2. The smallest absolute Gasteiger partial charge is 0.333 e. The first-order chi connectivity index (χ1) is 10.0. The maximum absolute atomic E-state index is 11.6. The number of hydrogen-bond acceptors (Lipinski definition) is 3. The molecule has 0 radical (unpaired) electrons. The van der Waals surface area contributed by atoms with Crippen LogP contribution >= 0.6 is 0 Å². The molecule has 1 rings (SSSR count). The van der Waals surface area contributed by atoms with Crippen molar-refractivity contribution in [2.75, 3.05) is 0 Å². The Hall–Kier alpha value is -2.04. The highest BCUT2D eigenvalue weighted by molar-refractivity contribution is 5.81. The van der Waals surface area contributed by atoms with Crippen LogP contribution in [-0.2, 0) is 9.59 Å². The molecule has 0 heterocycles. The molecule has 0 aliphatic rings. The molecular weight excluding hydrogens is 270 g/mol. The molecule has 2 atom stereocenters. The Morgan fingerprint density at radius 2 is 2.05 bits per heavy atom. The number of ether oxygens (including phenoxy) is 1. The number of benzene rings is 1. The zero-order chi connectivity index (χ0) is 15.7. The zero-order valence-electron chi connectivity index (χ0n) is 12.5. The number of carboxylic acids is 1. The summed E-state index contributed by atoms with van der Waals surface area (Å²) in [4.78, 5) is 22.4. The second kappa shape index (κ2) is 8.29. The van der Waals surface area contributed by atoms with E-state index >= 15 is 0 Å². The Morgan fingerprint density at radius 1 is 1.38 bits per heavy atom. The zero-order valence-corrected chi connectivity index (χ0v) is 12.5. The third-order valence-electron chi connectivity index (χ3n) is 3.54. The van der Waals surface area contributed by atoms with Crippen LogP contribution in [0.4, 0.5) is 0 Å². The molecule has 0 bridgehead atoms. The summed E-state index contributed by atoms with van der Waals surface area (Å²) in [6, 6.07) is 9.05. The third kappa shape index (κ3) is 4.77. The van der Waals surface area contributed by atoms with E-state index in [-0.39, 0.29) is 0 Å². The van der Waals surface area contributed by atoms with Crippen LogP contribution in [0.15, 0.2) is 30.3 Å². The highest BCUT2D eigenvalue weighted by atomic mass is 16.5. The molecule has 5 nitrogen and oxygen atoms in total. The molecule has 0 aromatic heterocycles. The van der Waals surface area contributed by atoms with E-state index in [2.05, 4.69) is 12.2 Å². The summed E-state index contributed by atoms with van der Waals surface area (Å²) in [7, 11) is 0. The molecule has 0 aliphatic heterocycles. The number of rotatable bonds is 10. The normalized spacial score (nSPS) is 14.8. The molecular formula is C16H23NO4. The summed E-state index contributed by atoms with van der Waals surface area (Å²) >= 11 is 0. The number of carbonyl (C=O) groups excluding carboxylic acids is 1. The predicted octanol–water partition coefficient (Wildman–Crippen LogP) is 2.60. The Morgan fingerprint density at radius 3 is 2.57 bits per heavy atom. The summed E-state index contributed by atoms with van der Waals surface area (Å²) in [5, 5.41) is 11.9. The fourth-order valence-electron chi connectivity index (χ4n) is 2.12. The molecule has 1 aromatic carbocycles. The van der Waals surface area contributed by atoms with Gasteiger partial charge in [0.2, 0.25) is 6.41 Å². The number of carboxylic acid groups (broad SMARTS) is 1. The van der Waals surface area contributed by atoms with Gasteiger partial charge in [0.25, 0.3) is 0 Å². The molecule has 1 aromatic rings. The summed E-state index contributed by atoms with van der Waals surface area (Å²) < 4.78 is 5.84. The quantitative estimate of drug-likeness (QED) is 0.513. The Labute approximate surface area is 125 Å². The summed E-state index contributed by atoms with van der Waals surface area (Å²) in [6.45, 7) is 3.55. The van der Waals surface area contributed by atoms with Gasteiger partial charge < -0.3 is 15.2 Å². The van der Waals surface area contributed by atoms with Crippen molar-refractivity contribution in [2.45, 2.75) is 51.2 Å². The summed E-state index contributed by atoms with van der Waals surface area (Å²) in [5.74, 6) is -0.508. The number of nitrogens with one attached hydrogen (secondary N) is 1. The van der Waals surface area contributed by atoms with Gasteiger partial charge in [0.1, 0.15) is 11.9 Å². The molecule has 0 aliphatic carbocycles. The lowest BCUT2D eigenvalue weighted by atomic mass is 9.90. The highest BCUT2D eigenvalue weighted by Gasteiger charge is 2.42. The minimum atomic E-state index is -1.45. The molecule has 2 N–H and O–H groups in total. The number of unbranched alkanes of at least 4 members (excludes halogenated alkanes) is 2. The van der Waals surface area contributed by atoms with Crippen LogP contribution in [0.3, 0.4) is 0 Å². The van der Waals surface area contributed by atoms with Crippen LogP contribution < -0.4 is 10.1 Å². The van der Waals surface area contributed by atoms with Crippen LogP contribution in [0.5, 0.6) is 5.75 Å². The monoisotopic (exact) mass is 293 g/mol. The molecule has 116 valence electrons. The van der Waals surface area contributed by atoms with Gasteiger partial charge in [-0.1, -0.05) is 38.0 Å². The molecule has 0 saturated heterocycles. The van der Waals surface area contributed by atoms with Crippen molar-refractivity contribution >= 4 is 12.4 Å². The van der Waals surface area contributed by atoms with Gasteiger partial charge in [0.05, 0.1) is 0 Å². The second-order valence-corrected chi connectivity index (χ2v) is 5.19. The molecule has 0 spiro atoms. The van der Waals surface area contributed by atoms with Crippen molar-refractivity contribution < 1.29 is 19.4 Å². The van der Waals surface area contributed by atoms with Crippen molar-refractivity contribution in [3.05, 3.63) is 30.3 Å². The molecule has 1 amide bonds. The maximum Gasteiger partial charge on any atom is 0.333 e. The van der Waals surface area contributed by atoms with E-state index in [0.717, 1.165) is 19.3 Å². The summed E-state index contributed by atoms with van der Waals surface area (Å²) in [6.07, 6.45) is 3.21. The average Bonchev–Trinajstić information content (AvgIpc) is 2.47. The largest absolute Gasteiger partial charge is 0.487 e. The first kappa shape index (κ1) is 17.0. The van der Waals surface area contributed by atoms with E-state index in [1.807, 2.05) is 18.2 Å². The van der Waals surface area contributed by atoms with Gasteiger partial charge in [-0.15, -0.1) is 0 Å². The molecule has 21 heavy (non-hydrogen) atoms. The van der Waals surface area contributed by atoms with E-state index < -0.39 is 17.6 Å². The molecule has 5 heteroatoms. The fourth-order valence-corrected chi connectivity index (χ4v) is 2.12. The predicted molar refractivity (Wildman–Crippen MR) is 80.2 cm³/mol. The standard InChI is InChI=1S/C16H23NO4/c1-3-4-6-11-14(16(2,15(19)20)17-12-18)21-13-9-7-5-8-10-13/h5,7-10,12,14H,3-4,6,11H2,1-2H3,(H,17,18)(H,19,20). The van der Waals surface area contributed by atoms with Crippen LogP contribution in [0.2, 0.25) is 0 Å².